The van der Waals surface area contributed by atoms with Gasteiger partial charge in [0.2, 0.25) is 0 Å². The Bertz CT molecular complexity index is 1190. The molecule has 1 unspecified atom stereocenters. The van der Waals surface area contributed by atoms with E-state index < -0.39 is 5.91 Å². The summed E-state index contributed by atoms with van der Waals surface area (Å²) in [5.41, 5.74) is 0.478. The molecule has 1 aliphatic rings. The van der Waals surface area contributed by atoms with Crippen molar-refractivity contribution in [1.29, 1.82) is 0 Å². The van der Waals surface area contributed by atoms with Gasteiger partial charge in [-0.15, -0.1) is 0 Å². The monoisotopic (exact) mass is 577 g/mol. The van der Waals surface area contributed by atoms with Crippen molar-refractivity contribution in [2.45, 2.75) is 12.2 Å². The second-order valence-electron chi connectivity index (χ2n) is 6.48. The number of carbonyl (C=O) groups excluding carboxylic acids is 1. The second-order valence-corrected chi connectivity index (χ2v) is 10.4. The highest BCUT2D eigenvalue weighted by atomic mass is 79.9. The van der Waals surface area contributed by atoms with Gasteiger partial charge in [0.05, 0.1) is 27.3 Å². The normalized spacial score (nSPS) is 15.8. The SMILES string of the molecule is CC1CN=C(N(C(=O)c2cc(Br)nn2-c2ncccc2Cl)c2c(Cl)cc(Cl)cc2Cl)S1. The Hall–Kier alpha value is -1.29. The number of amides is 1. The smallest absolute Gasteiger partial charge is 0.266 e. The van der Waals surface area contributed by atoms with E-state index in [0.29, 0.717) is 32.2 Å². The standard InChI is InChI=1S/C19H12BrCl4N5OS/c1-9-8-26-19(31-9)28(16-12(23)5-10(21)6-13(16)24)18(30)14-7-15(20)27-29(14)17-11(22)3-2-4-25-17/h2-7,9H,8H2,1H3. The lowest BCUT2D eigenvalue weighted by Gasteiger charge is -2.25. The minimum absolute atomic E-state index is 0.192. The van der Waals surface area contributed by atoms with Crippen LogP contribution in [0.1, 0.15) is 17.4 Å². The highest BCUT2D eigenvalue weighted by molar-refractivity contribution is 9.10. The summed E-state index contributed by atoms with van der Waals surface area (Å²) in [6.45, 7) is 2.57. The zero-order valence-corrected chi connectivity index (χ0v) is 21.1. The summed E-state index contributed by atoms with van der Waals surface area (Å²) in [4.78, 5) is 24.0. The molecule has 160 valence electrons. The van der Waals surface area contributed by atoms with E-state index in [0.717, 1.165) is 0 Å². The maximum absolute atomic E-state index is 13.9. The third kappa shape index (κ3) is 4.60. The van der Waals surface area contributed by atoms with Crippen molar-refractivity contribution in [2.24, 2.45) is 4.99 Å². The van der Waals surface area contributed by atoms with E-state index in [-0.39, 0.29) is 26.7 Å². The van der Waals surface area contributed by atoms with Gasteiger partial charge in [-0.2, -0.15) is 5.10 Å². The Morgan fingerprint density at radius 2 is 1.90 bits per heavy atom. The first-order valence-corrected chi connectivity index (χ1v) is 12.0. The van der Waals surface area contributed by atoms with Crippen molar-refractivity contribution in [3.05, 3.63) is 66.9 Å². The molecule has 0 aliphatic carbocycles. The lowest BCUT2D eigenvalue weighted by atomic mass is 10.2. The van der Waals surface area contributed by atoms with Gasteiger partial charge < -0.3 is 0 Å². The quantitative estimate of drug-likeness (QED) is 0.343. The second kappa shape index (κ2) is 9.29. The van der Waals surface area contributed by atoms with Crippen molar-refractivity contribution in [1.82, 2.24) is 14.8 Å². The van der Waals surface area contributed by atoms with E-state index in [9.17, 15) is 4.79 Å². The van der Waals surface area contributed by atoms with Crippen LogP contribution in [0.5, 0.6) is 0 Å². The summed E-state index contributed by atoms with van der Waals surface area (Å²) < 4.78 is 1.79. The Morgan fingerprint density at radius 1 is 1.19 bits per heavy atom. The fraction of sp³-hybridized carbons (Fsp3) is 0.158. The third-order valence-corrected chi connectivity index (χ3v) is 6.78. The van der Waals surface area contributed by atoms with Gasteiger partial charge in [-0.1, -0.05) is 65.1 Å². The van der Waals surface area contributed by atoms with Gasteiger partial charge in [0.1, 0.15) is 10.3 Å². The van der Waals surface area contributed by atoms with Gasteiger partial charge in [-0.3, -0.25) is 14.7 Å². The minimum Gasteiger partial charge on any atom is -0.266 e. The van der Waals surface area contributed by atoms with Gasteiger partial charge in [0, 0.05) is 22.5 Å². The predicted octanol–water partition coefficient (Wildman–Crippen LogP) is 6.78. The summed E-state index contributed by atoms with van der Waals surface area (Å²) in [7, 11) is 0. The number of thioether (sulfide) groups is 1. The van der Waals surface area contributed by atoms with Gasteiger partial charge in [0.25, 0.3) is 5.91 Å². The number of nitrogens with zero attached hydrogens (tertiary/aromatic N) is 5. The molecule has 1 amide bonds. The molecule has 0 saturated carbocycles. The molecule has 3 heterocycles. The molecule has 4 rings (SSSR count). The third-order valence-electron chi connectivity index (χ3n) is 4.23. The van der Waals surface area contributed by atoms with Crippen LogP contribution in [0.15, 0.2) is 46.1 Å². The molecular weight excluding hydrogens is 568 g/mol. The number of hydrogen-bond donors (Lipinski definition) is 0. The number of amidine groups is 1. The number of pyridine rings is 1. The Balaban J connectivity index is 1.89. The average molecular weight is 580 g/mol. The lowest BCUT2D eigenvalue weighted by Crippen LogP contribution is -2.36. The maximum Gasteiger partial charge on any atom is 0.283 e. The van der Waals surface area contributed by atoms with Crippen LogP contribution in [-0.2, 0) is 0 Å². The number of anilines is 1. The molecule has 1 aromatic carbocycles. The summed E-state index contributed by atoms with van der Waals surface area (Å²) in [6, 6.07) is 7.98. The summed E-state index contributed by atoms with van der Waals surface area (Å²) in [6.07, 6.45) is 1.56. The maximum atomic E-state index is 13.9. The van der Waals surface area contributed by atoms with Gasteiger partial charge >= 0.3 is 0 Å². The Labute approximate surface area is 210 Å². The molecule has 0 N–H and O–H groups in total. The molecule has 1 atom stereocenters. The molecule has 1 aliphatic heterocycles. The number of aromatic nitrogens is 3. The number of aliphatic imine (C=N–C) groups is 1. The first-order chi connectivity index (χ1) is 14.8. The largest absolute Gasteiger partial charge is 0.283 e. The van der Waals surface area contributed by atoms with E-state index in [4.69, 9.17) is 46.4 Å². The van der Waals surface area contributed by atoms with E-state index >= 15 is 0 Å². The van der Waals surface area contributed by atoms with Crippen LogP contribution in [0.25, 0.3) is 5.82 Å². The van der Waals surface area contributed by atoms with Crippen LogP contribution in [0.4, 0.5) is 5.69 Å². The fourth-order valence-corrected chi connectivity index (χ4v) is 5.43. The van der Waals surface area contributed by atoms with Crippen LogP contribution in [0, 0.1) is 0 Å². The van der Waals surface area contributed by atoms with Crippen molar-refractivity contribution >= 4 is 90.9 Å². The minimum atomic E-state index is -0.452. The molecule has 0 saturated heterocycles. The number of carbonyl (C=O) groups is 1. The Morgan fingerprint density at radius 3 is 2.52 bits per heavy atom. The van der Waals surface area contributed by atoms with Crippen molar-refractivity contribution in [3.8, 4) is 5.82 Å². The van der Waals surface area contributed by atoms with Crippen molar-refractivity contribution < 1.29 is 4.79 Å². The van der Waals surface area contributed by atoms with Gasteiger partial charge in [-0.05, 0) is 40.2 Å². The van der Waals surface area contributed by atoms with E-state index in [1.807, 2.05) is 6.92 Å². The van der Waals surface area contributed by atoms with Crippen LogP contribution >= 0.6 is 74.1 Å². The molecular formula is C19H12BrCl4N5OS. The molecule has 12 heteroatoms. The molecule has 0 bridgehead atoms. The summed E-state index contributed by atoms with van der Waals surface area (Å²) in [5.74, 6) is -0.146. The molecule has 0 fully saturated rings. The number of rotatable bonds is 3. The number of halogens is 5. The van der Waals surface area contributed by atoms with Crippen LogP contribution in [-0.4, -0.2) is 37.6 Å². The highest BCUT2D eigenvalue weighted by Crippen LogP contribution is 2.40. The first-order valence-electron chi connectivity index (χ1n) is 8.83. The fourth-order valence-electron chi connectivity index (χ4n) is 2.93. The summed E-state index contributed by atoms with van der Waals surface area (Å²) in [5, 5.41) is 6.13. The van der Waals surface area contributed by atoms with Crippen LogP contribution in [0.3, 0.4) is 0 Å². The zero-order chi connectivity index (χ0) is 22.3. The van der Waals surface area contributed by atoms with E-state index in [1.165, 1.54) is 33.5 Å². The van der Waals surface area contributed by atoms with Gasteiger partial charge in [-0.25, -0.2) is 9.67 Å². The molecule has 6 nitrogen and oxygen atoms in total. The molecule has 0 radical (unpaired) electrons. The molecule has 3 aromatic rings. The van der Waals surface area contributed by atoms with Crippen molar-refractivity contribution in [3.63, 3.8) is 0 Å². The van der Waals surface area contributed by atoms with E-state index in [1.54, 1.807) is 24.4 Å². The van der Waals surface area contributed by atoms with Gasteiger partial charge in [0.15, 0.2) is 11.0 Å². The van der Waals surface area contributed by atoms with Crippen LogP contribution < -0.4 is 4.90 Å². The van der Waals surface area contributed by atoms with Crippen LogP contribution in [0.2, 0.25) is 20.1 Å². The lowest BCUT2D eigenvalue weighted by molar-refractivity contribution is 0.0995. The molecule has 2 aromatic heterocycles. The average Bonchev–Trinajstić information content (AvgIpc) is 3.30. The molecule has 0 spiro atoms. The topological polar surface area (TPSA) is 63.4 Å². The number of benzene rings is 1. The zero-order valence-electron chi connectivity index (χ0n) is 15.7. The first kappa shape index (κ1) is 22.9. The van der Waals surface area contributed by atoms with Crippen molar-refractivity contribution in [2.75, 3.05) is 11.4 Å². The number of hydrogen-bond acceptors (Lipinski definition) is 5. The van der Waals surface area contributed by atoms with E-state index in [2.05, 4.69) is 31.0 Å². The Kier molecular flexibility index (Phi) is 6.86. The predicted molar refractivity (Wildman–Crippen MR) is 132 cm³/mol. The highest BCUT2D eigenvalue weighted by Gasteiger charge is 2.34. The summed E-state index contributed by atoms with van der Waals surface area (Å²) >= 11 is 30.1. The molecule has 31 heavy (non-hydrogen) atoms.